The molecule has 0 aliphatic rings. The Bertz CT molecular complexity index is 704. The summed E-state index contributed by atoms with van der Waals surface area (Å²) in [5.74, 6) is 0.260. The summed E-state index contributed by atoms with van der Waals surface area (Å²) in [6.45, 7) is 0.953. The lowest BCUT2D eigenvalue weighted by atomic mass is 10.2. The highest BCUT2D eigenvalue weighted by Crippen LogP contribution is 2.12. The summed E-state index contributed by atoms with van der Waals surface area (Å²) in [6, 6.07) is 12.5. The van der Waals surface area contributed by atoms with Crippen LogP contribution in [0, 0.1) is 0 Å². The molecule has 0 aliphatic heterocycles. The molecule has 1 amide bonds. The lowest BCUT2D eigenvalue weighted by Crippen LogP contribution is -2.33. The number of aromatic nitrogens is 1. The highest BCUT2D eigenvalue weighted by molar-refractivity contribution is 6.04. The third kappa shape index (κ3) is 6.23. The first-order valence-corrected chi connectivity index (χ1v) is 7.74. The van der Waals surface area contributed by atoms with E-state index in [1.54, 1.807) is 44.7 Å². The number of carbonyl (C=O) groups is 1. The van der Waals surface area contributed by atoms with Crippen molar-refractivity contribution in [2.24, 2.45) is 4.99 Å². The zero-order chi connectivity index (χ0) is 17.9. The van der Waals surface area contributed by atoms with E-state index in [4.69, 9.17) is 14.2 Å². The van der Waals surface area contributed by atoms with Gasteiger partial charge in [-0.05, 0) is 30.3 Å². The quantitative estimate of drug-likeness (QED) is 0.473. The second kappa shape index (κ2) is 10.0. The summed E-state index contributed by atoms with van der Waals surface area (Å²) in [6.07, 6.45) is 1.69. The normalized spacial score (nSPS) is 11.0. The fraction of sp³-hybridized carbons (Fsp3) is 0.278. The average molecular weight is 343 g/mol. The van der Waals surface area contributed by atoms with E-state index in [-0.39, 0.29) is 18.5 Å². The van der Waals surface area contributed by atoms with E-state index in [1.807, 2.05) is 18.2 Å². The summed E-state index contributed by atoms with van der Waals surface area (Å²) in [7, 11) is 3.12. The number of amidine groups is 1. The fourth-order valence-electron chi connectivity index (χ4n) is 1.92. The zero-order valence-corrected chi connectivity index (χ0v) is 14.3. The molecule has 7 nitrogen and oxygen atoms in total. The fourth-order valence-corrected chi connectivity index (χ4v) is 1.92. The van der Waals surface area contributed by atoms with Crippen molar-refractivity contribution in [2.75, 3.05) is 27.4 Å². The van der Waals surface area contributed by atoms with Crippen LogP contribution in [0.3, 0.4) is 0 Å². The Morgan fingerprint density at radius 1 is 1.16 bits per heavy atom. The van der Waals surface area contributed by atoms with Crippen molar-refractivity contribution in [1.29, 1.82) is 0 Å². The minimum atomic E-state index is -0.337. The van der Waals surface area contributed by atoms with Crippen molar-refractivity contribution in [3.05, 3.63) is 59.9 Å². The Morgan fingerprint density at radius 3 is 2.76 bits per heavy atom. The Morgan fingerprint density at radius 2 is 2.04 bits per heavy atom. The van der Waals surface area contributed by atoms with Crippen molar-refractivity contribution < 1.29 is 19.0 Å². The van der Waals surface area contributed by atoms with Gasteiger partial charge in [-0.25, -0.2) is 4.99 Å². The summed E-state index contributed by atoms with van der Waals surface area (Å²) >= 11 is 0. The van der Waals surface area contributed by atoms with E-state index in [9.17, 15) is 4.79 Å². The number of aliphatic imine (C=N–C) groups is 1. The zero-order valence-electron chi connectivity index (χ0n) is 14.3. The summed E-state index contributed by atoms with van der Waals surface area (Å²) < 4.78 is 15.6. The van der Waals surface area contributed by atoms with Crippen molar-refractivity contribution in [3.63, 3.8) is 0 Å². The number of rotatable bonds is 7. The van der Waals surface area contributed by atoms with Crippen LogP contribution in [0.25, 0.3) is 0 Å². The van der Waals surface area contributed by atoms with Crippen LogP contribution in [0.4, 0.5) is 0 Å². The van der Waals surface area contributed by atoms with Gasteiger partial charge in [0.2, 0.25) is 0 Å². The van der Waals surface area contributed by atoms with Gasteiger partial charge < -0.3 is 14.2 Å². The van der Waals surface area contributed by atoms with Gasteiger partial charge in [-0.2, -0.15) is 0 Å². The highest BCUT2D eigenvalue weighted by atomic mass is 16.5. The maximum atomic E-state index is 12.4. The topological polar surface area (TPSA) is 82.0 Å². The molecule has 2 rings (SSSR count). The number of benzene rings is 1. The van der Waals surface area contributed by atoms with E-state index in [0.29, 0.717) is 24.5 Å². The maximum absolute atomic E-state index is 12.4. The van der Waals surface area contributed by atoms with Crippen LogP contribution in [-0.4, -0.2) is 44.3 Å². The van der Waals surface area contributed by atoms with E-state index in [2.05, 4.69) is 15.3 Å². The molecule has 0 radical (unpaired) electrons. The minimum Gasteiger partial charge on any atom is -0.497 e. The molecular formula is C18H21N3O4. The molecule has 2 aromatic rings. The minimum absolute atomic E-state index is 0.121. The van der Waals surface area contributed by atoms with Gasteiger partial charge in [-0.3, -0.25) is 15.1 Å². The van der Waals surface area contributed by atoms with E-state index < -0.39 is 0 Å². The third-order valence-corrected chi connectivity index (χ3v) is 3.19. The molecule has 1 heterocycles. The molecule has 25 heavy (non-hydrogen) atoms. The molecule has 0 spiro atoms. The molecule has 7 heteroatoms. The molecule has 0 saturated carbocycles. The predicted molar refractivity (Wildman–Crippen MR) is 93.7 cm³/mol. The molecular weight excluding hydrogens is 322 g/mol. The standard InChI is InChI=1S/C18H21N3O4/c1-23-10-11-25-18(20-13-15-7-3-4-9-19-15)21-17(22)14-6-5-8-16(12-14)24-2/h3-9,12H,10-11,13H2,1-2H3,(H,20,21,22). The first-order chi connectivity index (χ1) is 12.2. The van der Waals surface area contributed by atoms with Gasteiger partial charge in [0.1, 0.15) is 12.4 Å². The van der Waals surface area contributed by atoms with Crippen LogP contribution in [-0.2, 0) is 16.0 Å². The molecule has 0 aliphatic carbocycles. The molecule has 0 saturated heterocycles. The number of amides is 1. The summed E-state index contributed by atoms with van der Waals surface area (Å²) in [5.41, 5.74) is 1.21. The second-order valence-electron chi connectivity index (χ2n) is 4.97. The van der Waals surface area contributed by atoms with Gasteiger partial charge >= 0.3 is 0 Å². The summed E-state index contributed by atoms with van der Waals surface area (Å²) in [5, 5.41) is 2.66. The van der Waals surface area contributed by atoms with Gasteiger partial charge in [-0.1, -0.05) is 12.1 Å². The van der Waals surface area contributed by atoms with E-state index in [1.165, 1.54) is 0 Å². The van der Waals surface area contributed by atoms with Gasteiger partial charge in [0, 0.05) is 18.9 Å². The number of methoxy groups -OCH3 is 2. The van der Waals surface area contributed by atoms with Crippen molar-refractivity contribution in [3.8, 4) is 5.75 Å². The highest BCUT2D eigenvalue weighted by Gasteiger charge is 2.11. The number of nitrogens with zero attached hydrogens (tertiary/aromatic N) is 2. The molecule has 0 atom stereocenters. The molecule has 0 fully saturated rings. The van der Waals surface area contributed by atoms with Crippen LogP contribution in [0.5, 0.6) is 5.75 Å². The molecule has 1 aromatic carbocycles. The number of nitrogens with one attached hydrogen (secondary N) is 1. The lowest BCUT2D eigenvalue weighted by molar-refractivity contribution is 0.0953. The van der Waals surface area contributed by atoms with Crippen LogP contribution in [0.1, 0.15) is 16.1 Å². The van der Waals surface area contributed by atoms with Crippen LogP contribution in [0.15, 0.2) is 53.7 Å². The van der Waals surface area contributed by atoms with Gasteiger partial charge in [0.15, 0.2) is 0 Å². The molecule has 0 bridgehead atoms. The van der Waals surface area contributed by atoms with Crippen molar-refractivity contribution >= 4 is 11.9 Å². The van der Waals surface area contributed by atoms with Crippen molar-refractivity contribution in [2.45, 2.75) is 6.54 Å². The van der Waals surface area contributed by atoms with E-state index in [0.717, 1.165) is 5.69 Å². The Balaban J connectivity index is 2.07. The molecule has 1 aromatic heterocycles. The van der Waals surface area contributed by atoms with Crippen LogP contribution in [0.2, 0.25) is 0 Å². The molecule has 132 valence electrons. The lowest BCUT2D eigenvalue weighted by Gasteiger charge is -2.11. The SMILES string of the molecule is COCCOC(=NCc1ccccn1)NC(=O)c1cccc(OC)c1. The first-order valence-electron chi connectivity index (χ1n) is 7.74. The molecule has 1 N–H and O–H groups in total. The number of pyridine rings is 1. The second-order valence-corrected chi connectivity index (χ2v) is 4.97. The Hall–Kier alpha value is -2.93. The van der Waals surface area contributed by atoms with Crippen LogP contribution >= 0.6 is 0 Å². The molecule has 0 unspecified atom stereocenters. The van der Waals surface area contributed by atoms with Gasteiger partial charge in [-0.15, -0.1) is 0 Å². The number of ether oxygens (including phenoxy) is 3. The average Bonchev–Trinajstić information content (AvgIpc) is 2.67. The van der Waals surface area contributed by atoms with E-state index >= 15 is 0 Å². The summed E-state index contributed by atoms with van der Waals surface area (Å²) in [4.78, 5) is 20.9. The first kappa shape index (κ1) is 18.4. The third-order valence-electron chi connectivity index (χ3n) is 3.19. The Kier molecular flexibility index (Phi) is 7.40. The largest absolute Gasteiger partial charge is 0.497 e. The van der Waals surface area contributed by atoms with Gasteiger partial charge in [0.05, 0.1) is 26.0 Å². The number of hydrogen-bond acceptors (Lipinski definition) is 6. The maximum Gasteiger partial charge on any atom is 0.292 e. The van der Waals surface area contributed by atoms with Crippen LogP contribution < -0.4 is 10.1 Å². The Labute approximate surface area is 146 Å². The number of carbonyl (C=O) groups excluding carboxylic acids is 1. The predicted octanol–water partition coefficient (Wildman–Crippen LogP) is 2.04. The smallest absolute Gasteiger partial charge is 0.292 e. The van der Waals surface area contributed by atoms with Gasteiger partial charge in [0.25, 0.3) is 11.9 Å². The monoisotopic (exact) mass is 343 g/mol. The number of hydrogen-bond donors (Lipinski definition) is 1. The van der Waals surface area contributed by atoms with Crippen molar-refractivity contribution in [1.82, 2.24) is 10.3 Å².